The molecule has 1 heterocycles. The van der Waals surface area contributed by atoms with Crippen LogP contribution in [0.1, 0.15) is 33.4 Å². The Morgan fingerprint density at radius 1 is 1.17 bits per heavy atom. The zero-order chi connectivity index (χ0) is 16.9. The fraction of sp³-hybridized carbons (Fsp3) is 0.158. The predicted molar refractivity (Wildman–Crippen MR) is 88.3 cm³/mol. The maximum atomic E-state index is 11.9. The minimum atomic E-state index is -0.570. The van der Waals surface area contributed by atoms with E-state index in [1.165, 1.54) is 0 Å². The number of rotatable bonds is 6. The molecular formula is C19H16O5. The molecule has 2 aromatic carbocycles. The number of fused-ring (bicyclic) bond motifs is 1. The molecule has 0 aliphatic rings. The lowest BCUT2D eigenvalue weighted by Crippen LogP contribution is -2.02. The zero-order valence-corrected chi connectivity index (χ0v) is 13.2. The van der Waals surface area contributed by atoms with Crippen molar-refractivity contribution in [2.75, 3.05) is 6.61 Å². The van der Waals surface area contributed by atoms with E-state index >= 15 is 0 Å². The molecule has 0 saturated heterocycles. The normalized spacial score (nSPS) is 10.5. The van der Waals surface area contributed by atoms with Gasteiger partial charge in [-0.2, -0.15) is 0 Å². The van der Waals surface area contributed by atoms with Crippen LogP contribution < -0.4 is 4.74 Å². The van der Waals surface area contributed by atoms with Gasteiger partial charge < -0.3 is 13.9 Å². The lowest BCUT2D eigenvalue weighted by Gasteiger charge is -2.07. The summed E-state index contributed by atoms with van der Waals surface area (Å²) in [7, 11) is 0. The van der Waals surface area contributed by atoms with Crippen molar-refractivity contribution >= 4 is 23.2 Å². The first-order valence-electron chi connectivity index (χ1n) is 7.58. The minimum Gasteiger partial charge on any atom is -0.488 e. The van der Waals surface area contributed by atoms with Crippen molar-refractivity contribution in [3.63, 3.8) is 0 Å². The first kappa shape index (κ1) is 15.8. The summed E-state index contributed by atoms with van der Waals surface area (Å²) < 4.78 is 16.3. The summed E-state index contributed by atoms with van der Waals surface area (Å²) in [6.45, 7) is 2.33. The smallest absolute Gasteiger partial charge is 0.374 e. The first-order chi connectivity index (χ1) is 11.7. The molecule has 0 amide bonds. The Balaban J connectivity index is 1.95. The third-order valence-corrected chi connectivity index (χ3v) is 3.51. The molecule has 122 valence electrons. The highest BCUT2D eigenvalue weighted by atomic mass is 16.5. The van der Waals surface area contributed by atoms with Crippen LogP contribution in [0, 0.1) is 0 Å². The van der Waals surface area contributed by atoms with Crippen molar-refractivity contribution in [1.82, 2.24) is 0 Å². The minimum absolute atomic E-state index is 0.0470. The molecule has 1 aromatic heterocycles. The van der Waals surface area contributed by atoms with Gasteiger partial charge in [0, 0.05) is 6.07 Å². The summed E-state index contributed by atoms with van der Waals surface area (Å²) >= 11 is 0. The van der Waals surface area contributed by atoms with Crippen LogP contribution in [0.5, 0.6) is 5.75 Å². The van der Waals surface area contributed by atoms with Gasteiger partial charge in [0.15, 0.2) is 6.29 Å². The van der Waals surface area contributed by atoms with Crippen LogP contribution in [0.2, 0.25) is 0 Å². The second kappa shape index (κ2) is 7.00. The highest BCUT2D eigenvalue weighted by molar-refractivity contribution is 6.01. The van der Waals surface area contributed by atoms with Crippen molar-refractivity contribution in [3.8, 4) is 5.75 Å². The van der Waals surface area contributed by atoms with Crippen molar-refractivity contribution in [1.29, 1.82) is 0 Å². The average molecular weight is 324 g/mol. The molecule has 0 bridgehead atoms. The van der Waals surface area contributed by atoms with E-state index in [-0.39, 0.29) is 12.4 Å². The zero-order valence-electron chi connectivity index (χ0n) is 13.2. The van der Waals surface area contributed by atoms with Gasteiger partial charge in [-0.1, -0.05) is 30.3 Å². The summed E-state index contributed by atoms with van der Waals surface area (Å²) in [4.78, 5) is 23.1. The number of carbonyl (C=O) groups is 2. The largest absolute Gasteiger partial charge is 0.488 e. The molecule has 0 unspecified atom stereocenters. The Bertz CT molecular complexity index is 864. The number of esters is 1. The monoisotopic (exact) mass is 324 g/mol. The van der Waals surface area contributed by atoms with Crippen LogP contribution >= 0.6 is 0 Å². The Labute approximate surface area is 138 Å². The van der Waals surface area contributed by atoms with E-state index in [0.29, 0.717) is 35.2 Å². The Morgan fingerprint density at radius 3 is 2.67 bits per heavy atom. The maximum absolute atomic E-state index is 11.9. The summed E-state index contributed by atoms with van der Waals surface area (Å²) in [5.74, 6) is 0.0176. The molecule has 3 aromatic rings. The molecule has 0 saturated carbocycles. The second-order valence-electron chi connectivity index (χ2n) is 5.12. The molecule has 3 rings (SSSR count). The number of hydrogen-bond acceptors (Lipinski definition) is 5. The van der Waals surface area contributed by atoms with Gasteiger partial charge in [-0.25, -0.2) is 4.79 Å². The van der Waals surface area contributed by atoms with E-state index in [1.807, 2.05) is 30.3 Å². The van der Waals surface area contributed by atoms with Crippen molar-refractivity contribution in [3.05, 3.63) is 65.4 Å². The number of carbonyl (C=O) groups excluding carboxylic acids is 2. The highest BCUT2D eigenvalue weighted by Crippen LogP contribution is 2.32. The molecule has 0 fully saturated rings. The van der Waals surface area contributed by atoms with Crippen LogP contribution in [0.3, 0.4) is 0 Å². The van der Waals surface area contributed by atoms with Crippen molar-refractivity contribution < 1.29 is 23.5 Å². The van der Waals surface area contributed by atoms with Crippen LogP contribution in [0.25, 0.3) is 11.0 Å². The van der Waals surface area contributed by atoms with E-state index in [9.17, 15) is 9.59 Å². The van der Waals surface area contributed by atoms with Gasteiger partial charge in [0.25, 0.3) is 0 Å². The van der Waals surface area contributed by atoms with Gasteiger partial charge in [0.05, 0.1) is 17.6 Å². The number of hydrogen-bond donors (Lipinski definition) is 0. The number of aldehydes is 1. The van der Waals surface area contributed by atoms with Gasteiger partial charge >= 0.3 is 5.97 Å². The summed E-state index contributed by atoms with van der Waals surface area (Å²) in [5.41, 5.74) is 1.69. The summed E-state index contributed by atoms with van der Waals surface area (Å²) in [6.07, 6.45) is 0.682. The van der Waals surface area contributed by atoms with Crippen LogP contribution in [-0.4, -0.2) is 18.9 Å². The lowest BCUT2D eigenvalue weighted by molar-refractivity contribution is 0.0492. The molecule has 0 aliphatic heterocycles. The topological polar surface area (TPSA) is 65.7 Å². The fourth-order valence-corrected chi connectivity index (χ4v) is 2.38. The Kier molecular flexibility index (Phi) is 4.61. The van der Waals surface area contributed by atoms with E-state index in [4.69, 9.17) is 13.9 Å². The van der Waals surface area contributed by atoms with Gasteiger partial charge in [-0.05, 0) is 24.6 Å². The molecular weight excluding hydrogens is 308 g/mol. The van der Waals surface area contributed by atoms with Gasteiger partial charge in [-0.3, -0.25) is 4.79 Å². The van der Waals surface area contributed by atoms with E-state index in [2.05, 4.69) is 0 Å². The van der Waals surface area contributed by atoms with E-state index in [0.717, 1.165) is 5.56 Å². The molecule has 0 spiro atoms. The standard InChI is InChI=1S/C19H16O5/c1-2-22-19(21)17-10-15-16(9-8-14(11-20)18(15)24-17)23-12-13-6-4-3-5-7-13/h3-11H,2,12H2,1H3. The molecule has 0 aliphatic carbocycles. The Hall–Kier alpha value is -3.08. The molecule has 0 N–H and O–H groups in total. The fourth-order valence-electron chi connectivity index (χ4n) is 2.38. The molecule has 0 atom stereocenters. The number of ether oxygens (including phenoxy) is 2. The summed E-state index contributed by atoms with van der Waals surface area (Å²) in [6, 6.07) is 14.5. The lowest BCUT2D eigenvalue weighted by atomic mass is 10.1. The molecule has 5 nitrogen and oxygen atoms in total. The van der Waals surface area contributed by atoms with Crippen LogP contribution in [-0.2, 0) is 11.3 Å². The second-order valence-corrected chi connectivity index (χ2v) is 5.12. The SMILES string of the molecule is CCOC(=O)c1cc2c(OCc3ccccc3)ccc(C=O)c2o1. The molecule has 24 heavy (non-hydrogen) atoms. The summed E-state index contributed by atoms with van der Waals surface area (Å²) in [5, 5.41) is 0.568. The third-order valence-electron chi connectivity index (χ3n) is 3.51. The first-order valence-corrected chi connectivity index (χ1v) is 7.58. The Morgan fingerprint density at radius 2 is 1.96 bits per heavy atom. The average Bonchev–Trinajstić information content (AvgIpc) is 3.06. The van der Waals surface area contributed by atoms with E-state index < -0.39 is 5.97 Å². The highest BCUT2D eigenvalue weighted by Gasteiger charge is 2.18. The quantitative estimate of drug-likeness (QED) is 0.506. The van der Waals surface area contributed by atoms with Crippen molar-refractivity contribution in [2.45, 2.75) is 13.5 Å². The third kappa shape index (κ3) is 3.15. The number of furan rings is 1. The molecule has 5 heteroatoms. The van der Waals surface area contributed by atoms with Gasteiger partial charge in [0.1, 0.15) is 17.9 Å². The molecule has 0 radical (unpaired) electrons. The van der Waals surface area contributed by atoms with Gasteiger partial charge in [0.2, 0.25) is 5.76 Å². The predicted octanol–water partition coefficient (Wildman–Crippen LogP) is 4.00. The van der Waals surface area contributed by atoms with Crippen LogP contribution in [0.4, 0.5) is 0 Å². The number of benzene rings is 2. The van der Waals surface area contributed by atoms with Crippen LogP contribution in [0.15, 0.2) is 52.9 Å². The maximum Gasteiger partial charge on any atom is 0.374 e. The van der Waals surface area contributed by atoms with Crippen molar-refractivity contribution in [2.24, 2.45) is 0 Å². The van der Waals surface area contributed by atoms with E-state index in [1.54, 1.807) is 25.1 Å². The van der Waals surface area contributed by atoms with Gasteiger partial charge in [-0.15, -0.1) is 0 Å².